The van der Waals surface area contributed by atoms with Gasteiger partial charge in [0.25, 0.3) is 0 Å². The van der Waals surface area contributed by atoms with E-state index in [4.69, 9.17) is 10.8 Å². The molecule has 0 aliphatic rings. The SMILES string of the molecule is Nc1ccc(SCCO)c(I)c1. The molecule has 0 fully saturated rings. The molecule has 0 saturated carbocycles. The third-order valence-electron chi connectivity index (χ3n) is 1.30. The van der Waals surface area contributed by atoms with Crippen molar-refractivity contribution in [3.63, 3.8) is 0 Å². The Kier molecular flexibility index (Phi) is 4.17. The summed E-state index contributed by atoms with van der Waals surface area (Å²) in [5.74, 6) is 0.736. The second-order valence-electron chi connectivity index (χ2n) is 2.26. The van der Waals surface area contributed by atoms with E-state index in [2.05, 4.69) is 22.6 Å². The molecule has 2 nitrogen and oxygen atoms in total. The second kappa shape index (κ2) is 4.94. The maximum atomic E-state index is 8.63. The number of halogens is 1. The van der Waals surface area contributed by atoms with E-state index in [1.54, 1.807) is 11.8 Å². The maximum Gasteiger partial charge on any atom is 0.0525 e. The predicted molar refractivity (Wildman–Crippen MR) is 61.4 cm³/mol. The Morgan fingerprint density at radius 1 is 1.50 bits per heavy atom. The molecule has 4 heteroatoms. The number of benzene rings is 1. The third kappa shape index (κ3) is 2.84. The molecular formula is C8H10INOS. The molecule has 1 rings (SSSR count). The van der Waals surface area contributed by atoms with Crippen LogP contribution in [-0.2, 0) is 0 Å². The van der Waals surface area contributed by atoms with Crippen LogP contribution in [0.1, 0.15) is 0 Å². The van der Waals surface area contributed by atoms with Gasteiger partial charge >= 0.3 is 0 Å². The number of rotatable bonds is 3. The summed E-state index contributed by atoms with van der Waals surface area (Å²) < 4.78 is 1.14. The first-order valence-corrected chi connectivity index (χ1v) is 5.59. The van der Waals surface area contributed by atoms with Crippen LogP contribution in [0.2, 0.25) is 0 Å². The maximum absolute atomic E-state index is 8.63. The molecule has 1 aromatic carbocycles. The molecule has 0 aliphatic heterocycles. The number of hydrogen-bond donors (Lipinski definition) is 2. The summed E-state index contributed by atoms with van der Waals surface area (Å²) in [7, 11) is 0. The molecule has 1 aromatic rings. The Morgan fingerprint density at radius 2 is 2.25 bits per heavy atom. The van der Waals surface area contributed by atoms with E-state index in [0.29, 0.717) is 0 Å². The molecule has 0 aromatic heterocycles. The molecular weight excluding hydrogens is 285 g/mol. The van der Waals surface area contributed by atoms with Crippen LogP contribution in [0.3, 0.4) is 0 Å². The fraction of sp³-hybridized carbons (Fsp3) is 0.250. The Morgan fingerprint density at radius 3 is 2.83 bits per heavy atom. The first-order chi connectivity index (χ1) is 5.74. The summed E-state index contributed by atoms with van der Waals surface area (Å²) in [6.45, 7) is 0.213. The van der Waals surface area contributed by atoms with Gasteiger partial charge in [0, 0.05) is 19.9 Å². The van der Waals surface area contributed by atoms with Gasteiger partial charge in [0.15, 0.2) is 0 Å². The van der Waals surface area contributed by atoms with Gasteiger partial charge in [-0.1, -0.05) is 0 Å². The molecule has 0 amide bonds. The van der Waals surface area contributed by atoms with Gasteiger partial charge < -0.3 is 10.8 Å². The lowest BCUT2D eigenvalue weighted by atomic mass is 10.3. The zero-order chi connectivity index (χ0) is 8.97. The van der Waals surface area contributed by atoms with Gasteiger partial charge in [-0.3, -0.25) is 0 Å². The van der Waals surface area contributed by atoms with Gasteiger partial charge in [0.1, 0.15) is 0 Å². The fourth-order valence-corrected chi connectivity index (χ4v) is 2.47. The van der Waals surface area contributed by atoms with Crippen molar-refractivity contribution in [1.29, 1.82) is 0 Å². The zero-order valence-electron chi connectivity index (χ0n) is 6.46. The van der Waals surface area contributed by atoms with Crippen molar-refractivity contribution in [3.05, 3.63) is 21.8 Å². The van der Waals surface area contributed by atoms with Crippen LogP contribution >= 0.6 is 34.4 Å². The van der Waals surface area contributed by atoms with Crippen molar-refractivity contribution < 1.29 is 5.11 Å². The highest BCUT2D eigenvalue weighted by Gasteiger charge is 1.99. The van der Waals surface area contributed by atoms with E-state index in [0.717, 1.165) is 15.0 Å². The minimum absolute atomic E-state index is 0.213. The number of nitrogen functional groups attached to an aromatic ring is 1. The van der Waals surface area contributed by atoms with E-state index in [1.165, 1.54) is 4.90 Å². The number of aliphatic hydroxyl groups is 1. The highest BCUT2D eigenvalue weighted by molar-refractivity contribution is 14.1. The van der Waals surface area contributed by atoms with E-state index in [9.17, 15) is 0 Å². The number of thioether (sulfide) groups is 1. The van der Waals surface area contributed by atoms with E-state index < -0.39 is 0 Å². The molecule has 0 heterocycles. The molecule has 0 atom stereocenters. The van der Waals surface area contributed by atoms with Gasteiger partial charge in [0.2, 0.25) is 0 Å². The van der Waals surface area contributed by atoms with E-state index >= 15 is 0 Å². The Hall–Kier alpha value is 0.0600. The van der Waals surface area contributed by atoms with Crippen LogP contribution < -0.4 is 5.73 Å². The highest BCUT2D eigenvalue weighted by Crippen LogP contribution is 2.25. The van der Waals surface area contributed by atoms with Crippen LogP contribution in [0.25, 0.3) is 0 Å². The van der Waals surface area contributed by atoms with E-state index in [1.807, 2.05) is 18.2 Å². The van der Waals surface area contributed by atoms with Crippen LogP contribution in [0.15, 0.2) is 23.1 Å². The number of hydrogen-bond acceptors (Lipinski definition) is 3. The van der Waals surface area contributed by atoms with Crippen molar-refractivity contribution in [2.45, 2.75) is 4.90 Å². The number of anilines is 1. The van der Waals surface area contributed by atoms with E-state index in [-0.39, 0.29) is 6.61 Å². The summed E-state index contributed by atoms with van der Waals surface area (Å²) in [6.07, 6.45) is 0. The van der Waals surface area contributed by atoms with Crippen molar-refractivity contribution in [2.75, 3.05) is 18.1 Å². The van der Waals surface area contributed by atoms with Gasteiger partial charge in [-0.2, -0.15) is 0 Å². The first-order valence-electron chi connectivity index (χ1n) is 3.52. The second-order valence-corrected chi connectivity index (χ2v) is 4.56. The standard InChI is InChI=1S/C8H10INOS/c9-7-5-6(10)1-2-8(7)12-4-3-11/h1-2,5,11H,3-4,10H2. The normalized spacial score (nSPS) is 10.2. The minimum atomic E-state index is 0.213. The van der Waals surface area contributed by atoms with Crippen LogP contribution in [-0.4, -0.2) is 17.5 Å². The number of nitrogens with two attached hydrogens (primary N) is 1. The summed E-state index contributed by atoms with van der Waals surface area (Å²) in [4.78, 5) is 1.18. The highest BCUT2D eigenvalue weighted by atomic mass is 127. The Bertz CT molecular complexity index is 267. The smallest absolute Gasteiger partial charge is 0.0525 e. The lowest BCUT2D eigenvalue weighted by molar-refractivity contribution is 0.322. The average Bonchev–Trinajstić information content (AvgIpc) is 2.03. The first kappa shape index (κ1) is 10.1. The average molecular weight is 295 g/mol. The summed E-state index contributed by atoms with van der Waals surface area (Å²) in [5.41, 5.74) is 6.38. The zero-order valence-corrected chi connectivity index (χ0v) is 9.43. The van der Waals surface area contributed by atoms with Crippen LogP contribution in [0, 0.1) is 3.57 Å². The van der Waals surface area contributed by atoms with Gasteiger partial charge in [0.05, 0.1) is 6.61 Å². The Labute approximate surface area is 89.7 Å². The minimum Gasteiger partial charge on any atom is -0.399 e. The topological polar surface area (TPSA) is 46.2 Å². The monoisotopic (exact) mass is 295 g/mol. The van der Waals surface area contributed by atoms with Crippen molar-refractivity contribution >= 4 is 40.0 Å². The molecule has 0 spiro atoms. The van der Waals surface area contributed by atoms with Gasteiger partial charge in [-0.05, 0) is 40.8 Å². The summed E-state index contributed by atoms with van der Waals surface area (Å²) >= 11 is 3.89. The summed E-state index contributed by atoms with van der Waals surface area (Å²) in [6, 6.07) is 5.79. The quantitative estimate of drug-likeness (QED) is 0.509. The molecule has 3 N–H and O–H groups in total. The number of aliphatic hydroxyl groups excluding tert-OH is 1. The van der Waals surface area contributed by atoms with Crippen molar-refractivity contribution in [1.82, 2.24) is 0 Å². The fourth-order valence-electron chi connectivity index (χ4n) is 0.790. The molecule has 0 unspecified atom stereocenters. The molecule has 0 saturated heterocycles. The molecule has 0 bridgehead atoms. The Balaban J connectivity index is 2.72. The third-order valence-corrected chi connectivity index (χ3v) is 3.62. The molecule has 0 radical (unpaired) electrons. The van der Waals surface area contributed by atoms with Crippen molar-refractivity contribution in [2.24, 2.45) is 0 Å². The van der Waals surface area contributed by atoms with Crippen molar-refractivity contribution in [3.8, 4) is 0 Å². The molecule has 12 heavy (non-hydrogen) atoms. The largest absolute Gasteiger partial charge is 0.399 e. The van der Waals surface area contributed by atoms with Gasteiger partial charge in [-0.25, -0.2) is 0 Å². The lowest BCUT2D eigenvalue weighted by Crippen LogP contribution is -1.90. The molecule has 66 valence electrons. The predicted octanol–water partition coefficient (Wildman–Crippen LogP) is 1.96. The molecule has 0 aliphatic carbocycles. The lowest BCUT2D eigenvalue weighted by Gasteiger charge is -2.03. The summed E-state index contributed by atoms with van der Waals surface area (Å²) in [5, 5.41) is 8.63. The van der Waals surface area contributed by atoms with Crippen LogP contribution in [0.4, 0.5) is 5.69 Å². The van der Waals surface area contributed by atoms with Gasteiger partial charge in [-0.15, -0.1) is 11.8 Å². The van der Waals surface area contributed by atoms with Crippen LogP contribution in [0.5, 0.6) is 0 Å².